The Morgan fingerprint density at radius 3 is 2.67 bits per heavy atom. The molecule has 0 atom stereocenters. The monoisotopic (exact) mass is 498 g/mol. The van der Waals surface area contributed by atoms with Crippen LogP contribution in [0.5, 0.6) is 5.75 Å². The van der Waals surface area contributed by atoms with Crippen LogP contribution in [0.15, 0.2) is 50.9 Å². The van der Waals surface area contributed by atoms with Crippen molar-refractivity contribution in [3.8, 4) is 5.75 Å². The predicted molar refractivity (Wildman–Crippen MR) is 115 cm³/mol. The number of nitrogens with zero attached hydrogens (tertiary/aromatic N) is 3. The van der Waals surface area contributed by atoms with Gasteiger partial charge < -0.3 is 9.47 Å². The van der Waals surface area contributed by atoms with E-state index in [1.807, 2.05) is 6.07 Å². The van der Waals surface area contributed by atoms with Gasteiger partial charge in [0, 0.05) is 29.2 Å². The van der Waals surface area contributed by atoms with Gasteiger partial charge in [0.1, 0.15) is 11.4 Å². The molecule has 1 aliphatic rings. The summed E-state index contributed by atoms with van der Waals surface area (Å²) in [5, 5.41) is 15.5. The van der Waals surface area contributed by atoms with Crippen molar-refractivity contribution in [1.82, 2.24) is 4.31 Å². The lowest BCUT2D eigenvalue weighted by atomic mass is 10.2. The minimum absolute atomic E-state index is 0.0612. The first kappa shape index (κ1) is 22.2. The van der Waals surface area contributed by atoms with E-state index in [1.54, 1.807) is 12.1 Å². The number of nitro groups is 1. The number of halogens is 1. The van der Waals surface area contributed by atoms with Gasteiger partial charge in [-0.2, -0.15) is 9.41 Å². The van der Waals surface area contributed by atoms with Gasteiger partial charge in [-0.25, -0.2) is 8.42 Å². The van der Waals surface area contributed by atoms with Gasteiger partial charge in [0.2, 0.25) is 10.0 Å². The van der Waals surface area contributed by atoms with E-state index in [0.717, 1.165) is 10.5 Å². The molecule has 1 fully saturated rings. The third kappa shape index (κ3) is 4.95. The average molecular weight is 499 g/mol. The van der Waals surface area contributed by atoms with Gasteiger partial charge in [-0.15, -0.1) is 0 Å². The van der Waals surface area contributed by atoms with E-state index in [2.05, 4.69) is 26.5 Å². The molecule has 0 bridgehead atoms. The molecule has 12 heteroatoms. The maximum absolute atomic E-state index is 12.8. The van der Waals surface area contributed by atoms with Crippen LogP contribution in [0.2, 0.25) is 0 Å². The number of anilines is 1. The molecule has 1 N–H and O–H groups in total. The normalized spacial score (nSPS) is 15.3. The molecule has 0 amide bonds. The smallest absolute Gasteiger partial charge is 0.295 e. The van der Waals surface area contributed by atoms with E-state index in [1.165, 1.54) is 29.8 Å². The summed E-state index contributed by atoms with van der Waals surface area (Å²) < 4.78 is 38.0. The second-order valence-corrected chi connectivity index (χ2v) is 9.06. The number of hydrazone groups is 1. The number of rotatable bonds is 7. The van der Waals surface area contributed by atoms with Gasteiger partial charge >= 0.3 is 0 Å². The summed E-state index contributed by atoms with van der Waals surface area (Å²) in [6.07, 6.45) is 1.45. The van der Waals surface area contributed by atoms with E-state index in [9.17, 15) is 18.5 Å². The molecular formula is C18H19BrN4O6S. The fourth-order valence-corrected chi connectivity index (χ4v) is 4.64. The summed E-state index contributed by atoms with van der Waals surface area (Å²) >= 11 is 3.36. The van der Waals surface area contributed by atoms with Crippen LogP contribution in [0.4, 0.5) is 11.4 Å². The summed E-state index contributed by atoms with van der Waals surface area (Å²) in [6.45, 7) is 0.979. The molecule has 30 heavy (non-hydrogen) atoms. The van der Waals surface area contributed by atoms with Crippen LogP contribution < -0.4 is 10.2 Å². The van der Waals surface area contributed by atoms with Crippen LogP contribution in [-0.4, -0.2) is 57.3 Å². The van der Waals surface area contributed by atoms with Crippen LogP contribution in [0.25, 0.3) is 0 Å². The van der Waals surface area contributed by atoms with E-state index in [-0.39, 0.29) is 36.9 Å². The number of ether oxygens (including phenoxy) is 2. The number of benzene rings is 2. The Bertz CT molecular complexity index is 1070. The summed E-state index contributed by atoms with van der Waals surface area (Å²) in [5.74, 6) is 0.574. The molecular weight excluding hydrogens is 480 g/mol. The van der Waals surface area contributed by atoms with Gasteiger partial charge in [-0.05, 0) is 30.3 Å². The number of hydrogen-bond acceptors (Lipinski definition) is 8. The van der Waals surface area contributed by atoms with E-state index in [0.29, 0.717) is 11.3 Å². The van der Waals surface area contributed by atoms with Gasteiger partial charge in [-0.1, -0.05) is 15.9 Å². The van der Waals surface area contributed by atoms with Crippen molar-refractivity contribution in [2.75, 3.05) is 38.8 Å². The third-order valence-electron chi connectivity index (χ3n) is 4.35. The molecule has 1 saturated heterocycles. The molecule has 0 aromatic heterocycles. The van der Waals surface area contributed by atoms with Crippen LogP contribution >= 0.6 is 15.9 Å². The maximum atomic E-state index is 12.8. The molecule has 0 radical (unpaired) electrons. The standard InChI is InChI=1S/C18H19BrN4O6S/c1-28-18-5-2-14(19)10-13(18)12-20-21-16-4-3-15(11-17(16)23(24)25)30(26,27)22-6-8-29-9-7-22/h2-5,10-12,21H,6-9H2,1H3/b20-12+. The fraction of sp³-hybridized carbons (Fsp3) is 0.278. The largest absolute Gasteiger partial charge is 0.496 e. The Morgan fingerprint density at radius 1 is 1.27 bits per heavy atom. The Labute approximate surface area is 181 Å². The second-order valence-electron chi connectivity index (χ2n) is 6.21. The lowest BCUT2D eigenvalue weighted by Crippen LogP contribution is -2.40. The molecule has 160 valence electrons. The quantitative estimate of drug-likeness (QED) is 0.353. The number of morpholine rings is 1. The summed E-state index contributed by atoms with van der Waals surface area (Å²) in [5.41, 5.74) is 2.91. The molecule has 0 unspecified atom stereocenters. The van der Waals surface area contributed by atoms with Gasteiger partial charge in [-0.3, -0.25) is 15.5 Å². The average Bonchev–Trinajstić information content (AvgIpc) is 2.74. The molecule has 10 nitrogen and oxygen atoms in total. The van der Waals surface area contributed by atoms with Gasteiger partial charge in [0.25, 0.3) is 5.69 Å². The van der Waals surface area contributed by atoms with Crippen molar-refractivity contribution in [3.63, 3.8) is 0 Å². The van der Waals surface area contributed by atoms with Crippen LogP contribution in [0, 0.1) is 10.1 Å². The Balaban J connectivity index is 1.86. The van der Waals surface area contributed by atoms with Crippen molar-refractivity contribution in [1.29, 1.82) is 0 Å². The highest BCUT2D eigenvalue weighted by atomic mass is 79.9. The van der Waals surface area contributed by atoms with Crippen LogP contribution in [0.3, 0.4) is 0 Å². The van der Waals surface area contributed by atoms with Crippen LogP contribution in [0.1, 0.15) is 5.56 Å². The SMILES string of the molecule is COc1ccc(Br)cc1/C=N/Nc1ccc(S(=O)(=O)N2CCOCC2)cc1[N+](=O)[O-]. The predicted octanol–water partition coefficient (Wildman–Crippen LogP) is 2.83. The van der Waals surface area contributed by atoms with Crippen molar-refractivity contribution < 1.29 is 22.8 Å². The molecule has 0 aliphatic carbocycles. The lowest BCUT2D eigenvalue weighted by Gasteiger charge is -2.26. The molecule has 2 aromatic rings. The zero-order valence-electron chi connectivity index (χ0n) is 15.9. The van der Waals surface area contributed by atoms with E-state index in [4.69, 9.17) is 9.47 Å². The molecule has 3 rings (SSSR count). The zero-order chi connectivity index (χ0) is 21.7. The summed E-state index contributed by atoms with van der Waals surface area (Å²) in [4.78, 5) is 10.7. The van der Waals surface area contributed by atoms with Gasteiger partial charge in [0.15, 0.2) is 0 Å². The Hall–Kier alpha value is -2.54. The van der Waals surface area contributed by atoms with Crippen molar-refractivity contribution in [3.05, 3.63) is 56.5 Å². The number of nitrogens with one attached hydrogen (secondary N) is 1. The summed E-state index contributed by atoms with van der Waals surface area (Å²) in [7, 11) is -2.33. The van der Waals surface area contributed by atoms with Crippen molar-refractivity contribution in [2.45, 2.75) is 4.90 Å². The van der Waals surface area contributed by atoms with E-state index >= 15 is 0 Å². The topological polar surface area (TPSA) is 123 Å². The fourth-order valence-electron chi connectivity index (χ4n) is 2.83. The highest BCUT2D eigenvalue weighted by Gasteiger charge is 2.28. The number of hydrogen-bond donors (Lipinski definition) is 1. The first-order valence-corrected chi connectivity index (χ1v) is 11.0. The highest BCUT2D eigenvalue weighted by Crippen LogP contribution is 2.29. The number of methoxy groups -OCH3 is 1. The third-order valence-corrected chi connectivity index (χ3v) is 6.74. The zero-order valence-corrected chi connectivity index (χ0v) is 18.3. The Morgan fingerprint density at radius 2 is 2.00 bits per heavy atom. The first-order valence-electron chi connectivity index (χ1n) is 8.82. The van der Waals surface area contributed by atoms with Crippen LogP contribution in [-0.2, 0) is 14.8 Å². The van der Waals surface area contributed by atoms with Gasteiger partial charge in [0.05, 0.1) is 36.4 Å². The first-order chi connectivity index (χ1) is 14.3. The maximum Gasteiger partial charge on any atom is 0.295 e. The minimum Gasteiger partial charge on any atom is -0.496 e. The lowest BCUT2D eigenvalue weighted by molar-refractivity contribution is -0.384. The highest BCUT2D eigenvalue weighted by molar-refractivity contribution is 9.10. The molecule has 0 saturated carbocycles. The molecule has 0 spiro atoms. The van der Waals surface area contributed by atoms with E-state index < -0.39 is 20.6 Å². The molecule has 1 aliphatic heterocycles. The number of sulfonamides is 1. The number of nitro benzene ring substituents is 1. The summed E-state index contributed by atoms with van der Waals surface area (Å²) in [6, 6.07) is 9.00. The Kier molecular flexibility index (Phi) is 7.02. The molecule has 1 heterocycles. The second kappa shape index (κ2) is 9.51. The van der Waals surface area contributed by atoms with Crippen molar-refractivity contribution in [2.24, 2.45) is 5.10 Å². The van der Waals surface area contributed by atoms with Crippen molar-refractivity contribution >= 4 is 43.5 Å². The minimum atomic E-state index is -3.85. The molecule has 2 aromatic carbocycles.